The number of rotatable bonds is 8. The van der Waals surface area contributed by atoms with Crippen molar-refractivity contribution in [3.63, 3.8) is 0 Å². The molecule has 1 atom stereocenters. The van der Waals surface area contributed by atoms with Gasteiger partial charge in [-0.25, -0.2) is 4.79 Å². The van der Waals surface area contributed by atoms with Gasteiger partial charge in [0.2, 0.25) is 0 Å². The smallest absolute Gasteiger partial charge is 0.343 e. The highest BCUT2D eigenvalue weighted by Crippen LogP contribution is 2.36. The van der Waals surface area contributed by atoms with Crippen molar-refractivity contribution >= 4 is 28.1 Å². The molecule has 1 aliphatic heterocycles. The van der Waals surface area contributed by atoms with Crippen molar-refractivity contribution in [3.05, 3.63) is 110 Å². The number of aromatic nitrogens is 1. The van der Waals surface area contributed by atoms with Gasteiger partial charge in [-0.1, -0.05) is 46.3 Å². The van der Waals surface area contributed by atoms with E-state index < -0.39 is 17.1 Å². The molecule has 3 aromatic rings. The van der Waals surface area contributed by atoms with Gasteiger partial charge in [-0.3, -0.25) is 9.79 Å². The molecule has 0 fully saturated rings. The number of carbonyl (C=O) groups is 1. The van der Waals surface area contributed by atoms with Crippen LogP contribution in [0, 0.1) is 0 Å². The maximum absolute atomic E-state index is 12.6. The number of halogens is 1. The molecule has 0 aliphatic carbocycles. The lowest BCUT2D eigenvalue weighted by atomic mass is 9.87. The summed E-state index contributed by atoms with van der Waals surface area (Å²) in [6.07, 6.45) is 5.95. The Kier molecular flexibility index (Phi) is 6.89. The van der Waals surface area contributed by atoms with E-state index >= 15 is 0 Å². The lowest BCUT2D eigenvalue weighted by Gasteiger charge is -2.26. The number of hydrogen-bond acceptors (Lipinski definition) is 5. The van der Waals surface area contributed by atoms with E-state index in [9.17, 15) is 9.59 Å². The minimum Gasteiger partial charge on any atom is -0.489 e. The molecule has 7 heteroatoms. The summed E-state index contributed by atoms with van der Waals surface area (Å²) in [7, 11) is 0. The first-order valence-corrected chi connectivity index (χ1v) is 11.4. The molecular weight excluding hydrogens is 484 g/mol. The molecule has 2 heterocycles. The largest absolute Gasteiger partial charge is 0.489 e. The number of hydrogen-bond donors (Lipinski definition) is 1. The Morgan fingerprint density at radius 3 is 2.64 bits per heavy atom. The lowest BCUT2D eigenvalue weighted by molar-refractivity contribution is 0.0524. The van der Waals surface area contributed by atoms with E-state index in [-0.39, 0.29) is 12.2 Å². The van der Waals surface area contributed by atoms with Gasteiger partial charge in [-0.2, -0.15) is 0 Å². The Morgan fingerprint density at radius 1 is 1.12 bits per heavy atom. The molecule has 1 aromatic heterocycles. The number of esters is 1. The average Bonchev–Trinajstić information content (AvgIpc) is 3.29. The van der Waals surface area contributed by atoms with Crippen LogP contribution < -0.4 is 10.3 Å². The van der Waals surface area contributed by atoms with Crippen LogP contribution in [0.25, 0.3) is 0 Å². The fourth-order valence-electron chi connectivity index (χ4n) is 3.73. The van der Waals surface area contributed by atoms with Crippen molar-refractivity contribution < 1.29 is 14.3 Å². The highest BCUT2D eigenvalue weighted by molar-refractivity contribution is 9.10. The Labute approximate surface area is 200 Å². The third-order valence-electron chi connectivity index (χ3n) is 5.35. The number of aromatic amines is 1. The predicted molar refractivity (Wildman–Crippen MR) is 131 cm³/mol. The summed E-state index contributed by atoms with van der Waals surface area (Å²) in [6.45, 7) is 2.33. The molecule has 1 unspecified atom stereocenters. The fraction of sp³-hybridized carbons (Fsp3) is 0.192. The molecule has 2 aromatic carbocycles. The zero-order chi connectivity index (χ0) is 23.3. The van der Waals surface area contributed by atoms with Gasteiger partial charge in [-0.05, 0) is 60.5 Å². The van der Waals surface area contributed by atoms with Crippen LogP contribution in [0.4, 0.5) is 0 Å². The van der Waals surface area contributed by atoms with Gasteiger partial charge >= 0.3 is 5.97 Å². The third kappa shape index (κ3) is 5.14. The molecule has 1 aliphatic rings. The van der Waals surface area contributed by atoms with Crippen LogP contribution in [-0.2, 0) is 23.3 Å². The molecule has 1 N–H and O–H groups in total. The number of benzene rings is 2. The molecule has 0 spiro atoms. The number of aliphatic imine (C=N–C) groups is 1. The summed E-state index contributed by atoms with van der Waals surface area (Å²) in [5.74, 6) is 0.0934. The molecule has 0 amide bonds. The first-order chi connectivity index (χ1) is 16.0. The lowest BCUT2D eigenvalue weighted by Crippen LogP contribution is -2.29. The van der Waals surface area contributed by atoms with Gasteiger partial charge in [0.25, 0.3) is 5.56 Å². The van der Waals surface area contributed by atoms with Crippen molar-refractivity contribution in [2.24, 2.45) is 4.99 Å². The van der Waals surface area contributed by atoms with Crippen molar-refractivity contribution in [1.29, 1.82) is 0 Å². The summed E-state index contributed by atoms with van der Waals surface area (Å²) >= 11 is 3.55. The first kappa shape index (κ1) is 22.7. The fourth-order valence-corrected chi connectivity index (χ4v) is 4.14. The zero-order valence-corrected chi connectivity index (χ0v) is 19.7. The Hall–Kier alpha value is -3.45. The number of allylic oxidation sites excluding steroid dienone is 1. The molecule has 0 saturated heterocycles. The number of carbonyl (C=O) groups excluding carboxylic acids is 1. The molecular formula is C26H23BrN2O4. The minimum absolute atomic E-state index is 0.0314. The molecule has 168 valence electrons. The van der Waals surface area contributed by atoms with E-state index in [1.165, 1.54) is 6.07 Å². The van der Waals surface area contributed by atoms with Crippen LogP contribution in [0.2, 0.25) is 0 Å². The quantitative estimate of drug-likeness (QED) is 0.437. The van der Waals surface area contributed by atoms with Crippen LogP contribution in [0.3, 0.4) is 0 Å². The standard InChI is InChI=1S/C26H23BrN2O4/c1-2-32-25(31)21-10-12-23(29-24(21)30)26(13-6-14-28-26)16-19-15-20(27)9-11-22(19)33-17-18-7-4-3-5-8-18/h3-15H,2,16-17H2,1H3,(H,29,30). The van der Waals surface area contributed by atoms with Gasteiger partial charge in [0.1, 0.15) is 23.5 Å². The predicted octanol–water partition coefficient (Wildman–Crippen LogP) is 4.97. The van der Waals surface area contributed by atoms with E-state index in [0.29, 0.717) is 18.7 Å². The van der Waals surface area contributed by atoms with Crippen LogP contribution in [-0.4, -0.2) is 23.8 Å². The summed E-state index contributed by atoms with van der Waals surface area (Å²) in [5, 5.41) is 0. The second-order valence-corrected chi connectivity index (χ2v) is 8.52. The topological polar surface area (TPSA) is 80.8 Å². The van der Waals surface area contributed by atoms with E-state index in [0.717, 1.165) is 21.3 Å². The Bertz CT molecular complexity index is 1250. The molecule has 0 bridgehead atoms. The van der Waals surface area contributed by atoms with Crippen LogP contribution >= 0.6 is 15.9 Å². The van der Waals surface area contributed by atoms with Gasteiger partial charge in [0.15, 0.2) is 0 Å². The SMILES string of the molecule is CCOC(=O)c1ccc(C2(Cc3cc(Br)ccc3OCc3ccccc3)C=CC=N2)[nH]c1=O. The summed E-state index contributed by atoms with van der Waals surface area (Å²) in [4.78, 5) is 32.2. The van der Waals surface area contributed by atoms with Crippen molar-refractivity contribution in [3.8, 4) is 5.75 Å². The highest BCUT2D eigenvalue weighted by Gasteiger charge is 2.33. The van der Waals surface area contributed by atoms with Crippen molar-refractivity contribution in [2.75, 3.05) is 6.61 Å². The number of ether oxygens (including phenoxy) is 2. The highest BCUT2D eigenvalue weighted by atomic mass is 79.9. The van der Waals surface area contributed by atoms with Crippen LogP contribution in [0.1, 0.15) is 34.1 Å². The van der Waals surface area contributed by atoms with E-state index in [4.69, 9.17) is 9.47 Å². The maximum atomic E-state index is 12.6. The number of nitrogens with zero attached hydrogens (tertiary/aromatic N) is 1. The zero-order valence-electron chi connectivity index (χ0n) is 18.1. The molecule has 0 radical (unpaired) electrons. The number of nitrogens with one attached hydrogen (secondary N) is 1. The van der Waals surface area contributed by atoms with Crippen molar-refractivity contribution in [2.45, 2.75) is 25.5 Å². The Morgan fingerprint density at radius 2 is 1.94 bits per heavy atom. The maximum Gasteiger partial charge on any atom is 0.343 e. The normalized spacial score (nSPS) is 16.7. The number of pyridine rings is 1. The summed E-state index contributed by atoms with van der Waals surface area (Å²) < 4.78 is 12.0. The second kappa shape index (κ2) is 10.0. The van der Waals surface area contributed by atoms with Gasteiger partial charge in [0.05, 0.1) is 12.3 Å². The molecule has 0 saturated carbocycles. The van der Waals surface area contributed by atoms with E-state index in [1.807, 2.05) is 60.7 Å². The summed E-state index contributed by atoms with van der Waals surface area (Å²) in [6, 6.07) is 19.0. The van der Waals surface area contributed by atoms with Gasteiger partial charge in [0, 0.05) is 17.1 Å². The van der Waals surface area contributed by atoms with Gasteiger partial charge in [-0.15, -0.1) is 0 Å². The monoisotopic (exact) mass is 506 g/mol. The Balaban J connectivity index is 1.65. The van der Waals surface area contributed by atoms with E-state index in [1.54, 1.807) is 19.2 Å². The third-order valence-corrected chi connectivity index (χ3v) is 5.85. The van der Waals surface area contributed by atoms with E-state index in [2.05, 4.69) is 25.9 Å². The molecule has 4 rings (SSSR count). The second-order valence-electron chi connectivity index (χ2n) is 7.60. The number of H-pyrrole nitrogens is 1. The average molecular weight is 507 g/mol. The summed E-state index contributed by atoms with van der Waals surface area (Å²) in [5.41, 5.74) is 1.22. The molecule has 33 heavy (non-hydrogen) atoms. The van der Waals surface area contributed by atoms with Gasteiger partial charge < -0.3 is 14.5 Å². The van der Waals surface area contributed by atoms with Crippen LogP contribution in [0.15, 0.2) is 87.1 Å². The molecule has 6 nitrogen and oxygen atoms in total. The minimum atomic E-state index is -0.821. The van der Waals surface area contributed by atoms with Crippen LogP contribution in [0.5, 0.6) is 5.75 Å². The van der Waals surface area contributed by atoms with Crippen molar-refractivity contribution in [1.82, 2.24) is 4.98 Å². The first-order valence-electron chi connectivity index (χ1n) is 10.6.